The Morgan fingerprint density at radius 1 is 1.17 bits per heavy atom. The van der Waals surface area contributed by atoms with E-state index in [1.165, 1.54) is 6.07 Å². The lowest BCUT2D eigenvalue weighted by Crippen LogP contribution is -2.27. The van der Waals surface area contributed by atoms with E-state index in [9.17, 15) is 13.2 Å². The summed E-state index contributed by atoms with van der Waals surface area (Å²) in [6.07, 6.45) is 0.203. The number of para-hydroxylation sites is 1. The normalized spacial score (nSPS) is 20.3. The van der Waals surface area contributed by atoms with Crippen molar-refractivity contribution in [2.75, 3.05) is 25.1 Å². The Morgan fingerprint density at radius 2 is 1.94 bits per heavy atom. The second-order valence-corrected chi connectivity index (χ2v) is 5.54. The van der Waals surface area contributed by atoms with Gasteiger partial charge in [0.2, 0.25) is 15.9 Å². The number of hydrogen-bond acceptors (Lipinski definition) is 4. The van der Waals surface area contributed by atoms with E-state index < -0.39 is 10.0 Å². The van der Waals surface area contributed by atoms with Crippen LogP contribution >= 0.6 is 0 Å². The molecule has 0 radical (unpaired) electrons. The van der Waals surface area contributed by atoms with E-state index in [0.29, 0.717) is 0 Å². The third-order valence-electron chi connectivity index (χ3n) is 2.46. The molecule has 18 heavy (non-hydrogen) atoms. The Morgan fingerprint density at radius 3 is 2.78 bits per heavy atom. The van der Waals surface area contributed by atoms with E-state index in [-0.39, 0.29) is 42.7 Å². The third-order valence-corrected chi connectivity index (χ3v) is 3.98. The van der Waals surface area contributed by atoms with E-state index in [4.69, 9.17) is 4.74 Å². The summed E-state index contributed by atoms with van der Waals surface area (Å²) < 4.78 is 31.6. The molecule has 1 aliphatic heterocycles. The van der Waals surface area contributed by atoms with E-state index >= 15 is 0 Å². The van der Waals surface area contributed by atoms with Crippen LogP contribution in [0.5, 0.6) is 0 Å². The minimum Gasteiger partial charge on any atom is -0.380 e. The highest BCUT2D eigenvalue weighted by Gasteiger charge is 2.19. The fourth-order valence-electron chi connectivity index (χ4n) is 1.61. The van der Waals surface area contributed by atoms with Crippen molar-refractivity contribution in [3.8, 4) is 0 Å². The van der Waals surface area contributed by atoms with Crippen molar-refractivity contribution in [3.63, 3.8) is 0 Å². The topological polar surface area (TPSA) is 84.5 Å². The molecule has 1 amide bonds. The lowest BCUT2D eigenvalue weighted by Gasteiger charge is -2.10. The van der Waals surface area contributed by atoms with E-state index in [1.807, 2.05) is 0 Å². The maximum Gasteiger partial charge on any atom is 0.242 e. The van der Waals surface area contributed by atoms with Gasteiger partial charge in [-0.15, -0.1) is 0 Å². The number of fused-ring (bicyclic) bond motifs is 1. The molecule has 6 nitrogen and oxygen atoms in total. The molecule has 0 bridgehead atoms. The van der Waals surface area contributed by atoms with Gasteiger partial charge in [0.05, 0.1) is 25.3 Å². The Balaban J connectivity index is 2.39. The minimum absolute atomic E-state index is 0.0697. The van der Waals surface area contributed by atoms with Gasteiger partial charge in [-0.2, -0.15) is 0 Å². The number of nitrogens with one attached hydrogen (secondary N) is 2. The predicted molar refractivity (Wildman–Crippen MR) is 65.7 cm³/mol. The molecule has 1 aromatic rings. The van der Waals surface area contributed by atoms with Gasteiger partial charge in [-0.05, 0) is 12.1 Å². The number of carbonyl (C=O) groups is 1. The minimum atomic E-state index is -3.63. The van der Waals surface area contributed by atoms with E-state index in [1.54, 1.807) is 18.2 Å². The summed E-state index contributed by atoms with van der Waals surface area (Å²) in [6.45, 7) is 0.704. The number of benzene rings is 1. The summed E-state index contributed by atoms with van der Waals surface area (Å²) in [6, 6.07) is 6.30. The lowest BCUT2D eigenvalue weighted by atomic mass is 10.3. The van der Waals surface area contributed by atoms with Gasteiger partial charge in [0.1, 0.15) is 4.90 Å². The highest BCUT2D eigenvalue weighted by Crippen LogP contribution is 2.20. The van der Waals surface area contributed by atoms with Crippen molar-refractivity contribution in [3.05, 3.63) is 24.3 Å². The third kappa shape index (κ3) is 3.06. The molecular weight excluding hydrogens is 256 g/mol. The van der Waals surface area contributed by atoms with Crippen LogP contribution in [0, 0.1) is 0 Å². The van der Waals surface area contributed by atoms with E-state index in [0.717, 1.165) is 0 Å². The van der Waals surface area contributed by atoms with Crippen LogP contribution in [0.2, 0.25) is 0 Å². The molecule has 0 atom stereocenters. The summed E-state index contributed by atoms with van der Waals surface area (Å²) in [5, 5.41) is 2.58. The molecular formula is C11H14N2O4S. The van der Waals surface area contributed by atoms with Crippen LogP contribution in [0.1, 0.15) is 6.42 Å². The zero-order chi connectivity index (χ0) is 13.0. The molecule has 0 saturated carbocycles. The predicted octanol–water partition coefficient (Wildman–Crippen LogP) is 0.324. The second-order valence-electron chi connectivity index (χ2n) is 3.80. The van der Waals surface area contributed by atoms with Gasteiger partial charge >= 0.3 is 0 Å². The van der Waals surface area contributed by atoms with Crippen LogP contribution in [0.15, 0.2) is 29.2 Å². The second kappa shape index (κ2) is 5.47. The highest BCUT2D eigenvalue weighted by molar-refractivity contribution is 7.89. The molecule has 1 heterocycles. The van der Waals surface area contributed by atoms with Crippen LogP contribution in [-0.4, -0.2) is 34.1 Å². The van der Waals surface area contributed by atoms with Crippen molar-refractivity contribution in [1.82, 2.24) is 4.72 Å². The number of anilines is 1. The molecule has 0 aromatic heterocycles. The molecule has 2 N–H and O–H groups in total. The van der Waals surface area contributed by atoms with Crippen LogP contribution in [0.3, 0.4) is 0 Å². The Kier molecular flexibility index (Phi) is 3.95. The number of hydrogen-bond donors (Lipinski definition) is 2. The van der Waals surface area contributed by atoms with Crippen molar-refractivity contribution < 1.29 is 17.9 Å². The molecule has 0 saturated heterocycles. The Labute approximate surface area is 105 Å². The molecule has 0 spiro atoms. The van der Waals surface area contributed by atoms with Crippen molar-refractivity contribution in [1.29, 1.82) is 0 Å². The van der Waals surface area contributed by atoms with Gasteiger partial charge in [-0.3, -0.25) is 4.79 Å². The van der Waals surface area contributed by atoms with Crippen molar-refractivity contribution in [2.45, 2.75) is 11.3 Å². The quantitative estimate of drug-likeness (QED) is 0.711. The summed E-state index contributed by atoms with van der Waals surface area (Å²) in [5.41, 5.74) is 0.289. The lowest BCUT2D eigenvalue weighted by molar-refractivity contribution is -0.117. The van der Waals surface area contributed by atoms with Crippen molar-refractivity contribution >= 4 is 21.6 Å². The zero-order valence-electron chi connectivity index (χ0n) is 9.68. The molecule has 7 heteroatoms. The standard InChI is InChI=1S/C11H14N2O4S/c14-11-5-7-17-8-6-12-18(15,16)10-4-2-1-3-9(10)13-11/h1-4,12H,5-8H2,(H,13,14). The van der Waals surface area contributed by atoms with Crippen LogP contribution in [0.25, 0.3) is 0 Å². The average molecular weight is 270 g/mol. The van der Waals surface area contributed by atoms with Gasteiger partial charge < -0.3 is 10.1 Å². The molecule has 1 aliphatic rings. The highest BCUT2D eigenvalue weighted by atomic mass is 32.2. The average Bonchev–Trinajstić information content (AvgIpc) is 2.35. The summed E-state index contributed by atoms with van der Waals surface area (Å²) in [7, 11) is -3.63. The Bertz CT molecular complexity index is 542. The summed E-state index contributed by atoms with van der Waals surface area (Å²) >= 11 is 0. The molecule has 0 fully saturated rings. The molecule has 0 unspecified atom stereocenters. The molecule has 98 valence electrons. The maximum atomic E-state index is 12.0. The number of rotatable bonds is 0. The number of carbonyl (C=O) groups excluding carboxylic acids is 1. The summed E-state index contributed by atoms with van der Waals surface area (Å²) in [5.74, 6) is -0.264. The zero-order valence-corrected chi connectivity index (χ0v) is 10.5. The fraction of sp³-hybridized carbons (Fsp3) is 0.364. The fourth-order valence-corrected chi connectivity index (χ4v) is 2.78. The molecule has 0 aliphatic carbocycles. The first-order valence-electron chi connectivity index (χ1n) is 5.56. The van der Waals surface area contributed by atoms with E-state index in [2.05, 4.69) is 10.0 Å². The number of ether oxygens (including phenoxy) is 1. The van der Waals surface area contributed by atoms with Gasteiger partial charge in [0, 0.05) is 6.54 Å². The van der Waals surface area contributed by atoms with Crippen LogP contribution in [0.4, 0.5) is 5.69 Å². The number of amides is 1. The van der Waals surface area contributed by atoms with Crippen LogP contribution in [-0.2, 0) is 19.6 Å². The molecule has 1 aromatic carbocycles. The first-order valence-corrected chi connectivity index (χ1v) is 7.04. The summed E-state index contributed by atoms with van der Waals surface area (Å²) in [4.78, 5) is 11.7. The smallest absolute Gasteiger partial charge is 0.242 e. The van der Waals surface area contributed by atoms with Crippen LogP contribution < -0.4 is 10.0 Å². The monoisotopic (exact) mass is 270 g/mol. The van der Waals surface area contributed by atoms with Gasteiger partial charge in [-0.25, -0.2) is 13.1 Å². The van der Waals surface area contributed by atoms with Crippen molar-refractivity contribution in [2.24, 2.45) is 0 Å². The van der Waals surface area contributed by atoms with Gasteiger partial charge in [-0.1, -0.05) is 12.1 Å². The van der Waals surface area contributed by atoms with Gasteiger partial charge in [0.15, 0.2) is 0 Å². The first-order chi connectivity index (χ1) is 8.59. The number of sulfonamides is 1. The Hall–Kier alpha value is -1.44. The largest absolute Gasteiger partial charge is 0.380 e. The molecule has 2 rings (SSSR count). The first kappa shape index (κ1) is 13.0. The van der Waals surface area contributed by atoms with Gasteiger partial charge in [0.25, 0.3) is 0 Å². The SMILES string of the molecule is O=C1CCOCCNS(=O)(=O)c2ccccc2N1. The maximum absolute atomic E-state index is 12.0.